The fourth-order valence-electron chi connectivity index (χ4n) is 2.93. The van der Waals surface area contributed by atoms with Gasteiger partial charge in [0.15, 0.2) is 0 Å². The van der Waals surface area contributed by atoms with Gasteiger partial charge in [-0.3, -0.25) is 4.68 Å². The summed E-state index contributed by atoms with van der Waals surface area (Å²) in [6.07, 6.45) is 3.62. The van der Waals surface area contributed by atoms with E-state index < -0.39 is 0 Å². The van der Waals surface area contributed by atoms with Crippen molar-refractivity contribution in [3.63, 3.8) is 0 Å². The standard InChI is InChI=1S/C14H20N4S/c1-8-12(9(2)18(4)17-8)13(15-3)14-16-10-6-5-7-11(10)19-14/h13,15H,5-7H2,1-4H3. The molecule has 102 valence electrons. The Bertz CT molecular complexity index is 590. The van der Waals surface area contributed by atoms with E-state index >= 15 is 0 Å². The third-order valence-electron chi connectivity index (χ3n) is 4.00. The molecule has 0 bridgehead atoms. The van der Waals surface area contributed by atoms with E-state index in [-0.39, 0.29) is 6.04 Å². The Morgan fingerprint density at radius 1 is 1.32 bits per heavy atom. The fourth-order valence-corrected chi connectivity index (χ4v) is 4.21. The zero-order valence-corrected chi connectivity index (χ0v) is 12.8. The maximum Gasteiger partial charge on any atom is 0.115 e. The van der Waals surface area contributed by atoms with Crippen LogP contribution in [0.25, 0.3) is 0 Å². The molecule has 3 rings (SSSR count). The van der Waals surface area contributed by atoms with E-state index in [2.05, 4.69) is 24.3 Å². The molecule has 1 unspecified atom stereocenters. The molecule has 0 amide bonds. The van der Waals surface area contributed by atoms with E-state index in [4.69, 9.17) is 4.98 Å². The van der Waals surface area contributed by atoms with Gasteiger partial charge in [-0.15, -0.1) is 11.3 Å². The second-order valence-corrected chi connectivity index (χ2v) is 6.32. The molecule has 5 heteroatoms. The van der Waals surface area contributed by atoms with Crippen LogP contribution in [0.15, 0.2) is 0 Å². The lowest BCUT2D eigenvalue weighted by Crippen LogP contribution is -2.19. The molecule has 0 aromatic carbocycles. The normalized spacial score (nSPS) is 15.8. The van der Waals surface area contributed by atoms with Crippen LogP contribution >= 0.6 is 11.3 Å². The van der Waals surface area contributed by atoms with Crippen molar-refractivity contribution in [1.29, 1.82) is 0 Å². The molecule has 1 aliphatic carbocycles. The van der Waals surface area contributed by atoms with Crippen molar-refractivity contribution in [1.82, 2.24) is 20.1 Å². The van der Waals surface area contributed by atoms with Gasteiger partial charge in [0, 0.05) is 23.2 Å². The second kappa shape index (κ2) is 4.72. The number of hydrogen-bond donors (Lipinski definition) is 1. The van der Waals surface area contributed by atoms with E-state index in [1.165, 1.54) is 39.7 Å². The molecular weight excluding hydrogens is 256 g/mol. The Kier molecular flexibility index (Phi) is 3.19. The lowest BCUT2D eigenvalue weighted by Gasteiger charge is -2.14. The molecule has 0 radical (unpaired) electrons. The summed E-state index contributed by atoms with van der Waals surface area (Å²) >= 11 is 1.87. The molecule has 2 aromatic rings. The van der Waals surface area contributed by atoms with Crippen LogP contribution in [0.2, 0.25) is 0 Å². The second-order valence-electron chi connectivity index (χ2n) is 5.21. The molecule has 2 heterocycles. The maximum atomic E-state index is 4.85. The number of nitrogens with one attached hydrogen (secondary N) is 1. The minimum Gasteiger partial charge on any atom is -0.307 e. The molecule has 2 aromatic heterocycles. The summed E-state index contributed by atoms with van der Waals surface area (Å²) in [6, 6.07) is 0.171. The Hall–Kier alpha value is -1.20. The van der Waals surface area contributed by atoms with Gasteiger partial charge in [0.25, 0.3) is 0 Å². The quantitative estimate of drug-likeness (QED) is 0.935. The lowest BCUT2D eigenvalue weighted by molar-refractivity contribution is 0.670. The summed E-state index contributed by atoms with van der Waals surface area (Å²) in [4.78, 5) is 6.33. The minimum absolute atomic E-state index is 0.171. The molecule has 0 aliphatic heterocycles. The predicted octanol–water partition coefficient (Wildman–Crippen LogP) is 2.29. The van der Waals surface area contributed by atoms with Crippen molar-refractivity contribution in [3.05, 3.63) is 32.5 Å². The zero-order valence-electron chi connectivity index (χ0n) is 11.9. The number of thiazole rings is 1. The van der Waals surface area contributed by atoms with Crippen LogP contribution in [0.3, 0.4) is 0 Å². The summed E-state index contributed by atoms with van der Waals surface area (Å²) in [6.45, 7) is 4.20. The van der Waals surface area contributed by atoms with E-state index in [1.54, 1.807) is 0 Å². The van der Waals surface area contributed by atoms with E-state index in [1.807, 2.05) is 30.1 Å². The van der Waals surface area contributed by atoms with Crippen LogP contribution in [0.5, 0.6) is 0 Å². The molecule has 0 saturated carbocycles. The first-order chi connectivity index (χ1) is 9.11. The van der Waals surface area contributed by atoms with Gasteiger partial charge in [0.05, 0.1) is 17.4 Å². The molecular formula is C14H20N4S. The molecule has 4 nitrogen and oxygen atoms in total. The average molecular weight is 276 g/mol. The van der Waals surface area contributed by atoms with E-state index in [0.29, 0.717) is 0 Å². The maximum absolute atomic E-state index is 4.85. The summed E-state index contributed by atoms with van der Waals surface area (Å²) in [7, 11) is 4.00. The van der Waals surface area contributed by atoms with Gasteiger partial charge in [-0.1, -0.05) is 0 Å². The van der Waals surface area contributed by atoms with Gasteiger partial charge < -0.3 is 5.32 Å². The Balaban J connectivity index is 2.04. The fraction of sp³-hybridized carbons (Fsp3) is 0.571. The summed E-state index contributed by atoms with van der Waals surface area (Å²) < 4.78 is 1.95. The van der Waals surface area contributed by atoms with Crippen LogP contribution in [-0.2, 0) is 19.9 Å². The number of fused-ring (bicyclic) bond motifs is 1. The predicted molar refractivity (Wildman–Crippen MR) is 77.7 cm³/mol. The highest BCUT2D eigenvalue weighted by molar-refractivity contribution is 7.11. The van der Waals surface area contributed by atoms with Crippen molar-refractivity contribution >= 4 is 11.3 Å². The van der Waals surface area contributed by atoms with Gasteiger partial charge in [-0.2, -0.15) is 5.10 Å². The monoisotopic (exact) mass is 276 g/mol. The van der Waals surface area contributed by atoms with Crippen LogP contribution in [0, 0.1) is 13.8 Å². The number of nitrogens with zero attached hydrogens (tertiary/aromatic N) is 3. The molecule has 0 fully saturated rings. The largest absolute Gasteiger partial charge is 0.307 e. The van der Waals surface area contributed by atoms with Gasteiger partial charge >= 0.3 is 0 Å². The van der Waals surface area contributed by atoms with Crippen molar-refractivity contribution < 1.29 is 0 Å². The van der Waals surface area contributed by atoms with Crippen molar-refractivity contribution in [2.24, 2.45) is 7.05 Å². The van der Waals surface area contributed by atoms with Gasteiger partial charge in [-0.25, -0.2) is 4.98 Å². The Morgan fingerprint density at radius 2 is 2.11 bits per heavy atom. The number of aryl methyl sites for hydroxylation is 4. The third-order valence-corrected chi connectivity index (χ3v) is 5.22. The highest BCUT2D eigenvalue weighted by atomic mass is 32.1. The van der Waals surface area contributed by atoms with Gasteiger partial charge in [0.2, 0.25) is 0 Å². The molecule has 0 spiro atoms. The van der Waals surface area contributed by atoms with Gasteiger partial charge in [-0.05, 0) is 40.2 Å². The summed E-state index contributed by atoms with van der Waals surface area (Å²) in [5, 5.41) is 9.12. The van der Waals surface area contributed by atoms with Crippen LogP contribution < -0.4 is 5.32 Å². The Labute approximate surface area is 117 Å². The van der Waals surface area contributed by atoms with E-state index in [9.17, 15) is 0 Å². The lowest BCUT2D eigenvalue weighted by atomic mass is 10.1. The first-order valence-electron chi connectivity index (χ1n) is 6.77. The van der Waals surface area contributed by atoms with E-state index in [0.717, 1.165) is 12.1 Å². The first-order valence-corrected chi connectivity index (χ1v) is 7.59. The summed E-state index contributed by atoms with van der Waals surface area (Å²) in [5.41, 5.74) is 4.90. The average Bonchev–Trinajstić information content (AvgIpc) is 3.00. The molecule has 19 heavy (non-hydrogen) atoms. The molecule has 0 saturated heterocycles. The highest BCUT2D eigenvalue weighted by Crippen LogP contribution is 2.34. The number of hydrogen-bond acceptors (Lipinski definition) is 4. The zero-order chi connectivity index (χ0) is 13.6. The van der Waals surface area contributed by atoms with Crippen molar-refractivity contribution in [2.45, 2.75) is 39.2 Å². The topological polar surface area (TPSA) is 42.7 Å². The molecule has 1 atom stereocenters. The molecule has 1 aliphatic rings. The highest BCUT2D eigenvalue weighted by Gasteiger charge is 2.26. The first kappa shape index (κ1) is 12.8. The smallest absolute Gasteiger partial charge is 0.115 e. The van der Waals surface area contributed by atoms with Gasteiger partial charge in [0.1, 0.15) is 5.01 Å². The summed E-state index contributed by atoms with van der Waals surface area (Å²) in [5.74, 6) is 0. The SMILES string of the molecule is CNC(c1nc2c(s1)CCC2)c1c(C)nn(C)c1C. The van der Waals surface area contributed by atoms with Crippen LogP contribution in [-0.4, -0.2) is 21.8 Å². The van der Waals surface area contributed by atoms with Crippen molar-refractivity contribution in [2.75, 3.05) is 7.05 Å². The van der Waals surface area contributed by atoms with Crippen LogP contribution in [0.1, 0.15) is 45.0 Å². The minimum atomic E-state index is 0.171. The third kappa shape index (κ3) is 2.01. The number of aromatic nitrogens is 3. The number of rotatable bonds is 3. The Morgan fingerprint density at radius 3 is 2.68 bits per heavy atom. The van der Waals surface area contributed by atoms with Crippen molar-refractivity contribution in [3.8, 4) is 0 Å². The molecule has 1 N–H and O–H groups in total. The van der Waals surface area contributed by atoms with Crippen LogP contribution in [0.4, 0.5) is 0 Å².